The first-order valence-electron chi connectivity index (χ1n) is 10.4. The van der Waals surface area contributed by atoms with Crippen LogP contribution in [-0.2, 0) is 9.59 Å². The van der Waals surface area contributed by atoms with Crippen molar-refractivity contribution in [2.45, 2.75) is 57.4 Å². The molecule has 3 fully saturated rings. The van der Waals surface area contributed by atoms with Crippen LogP contribution in [0.15, 0.2) is 0 Å². The fraction of sp³-hybridized carbons (Fsp3) is 0.900. The van der Waals surface area contributed by atoms with Crippen LogP contribution in [0.25, 0.3) is 0 Å². The Morgan fingerprint density at radius 2 is 1.62 bits per heavy atom. The third-order valence-electron chi connectivity index (χ3n) is 6.80. The molecule has 2 unspecified atom stereocenters. The van der Waals surface area contributed by atoms with Crippen LogP contribution in [-0.4, -0.2) is 78.4 Å². The molecule has 2 heterocycles. The number of amides is 2. The molecule has 2 amide bonds. The van der Waals surface area contributed by atoms with Crippen molar-refractivity contribution in [2.75, 3.05) is 46.3 Å². The summed E-state index contributed by atoms with van der Waals surface area (Å²) in [6, 6.07) is 0. The summed E-state index contributed by atoms with van der Waals surface area (Å²) in [4.78, 5) is 31.8. The van der Waals surface area contributed by atoms with Gasteiger partial charge in [-0.25, -0.2) is 0 Å². The zero-order valence-corrected chi connectivity index (χ0v) is 16.6. The Labute approximate surface area is 158 Å². The molecule has 2 N–H and O–H groups in total. The van der Waals surface area contributed by atoms with Crippen LogP contribution in [0, 0.1) is 11.8 Å². The van der Waals surface area contributed by atoms with E-state index in [0.717, 1.165) is 77.8 Å². The van der Waals surface area contributed by atoms with Crippen molar-refractivity contribution in [3.8, 4) is 0 Å². The molecule has 0 bridgehead atoms. The van der Waals surface area contributed by atoms with E-state index in [1.807, 2.05) is 16.7 Å². The number of rotatable bonds is 3. The molecule has 26 heavy (non-hydrogen) atoms. The number of carbonyl (C=O) groups excluding carboxylic acids is 2. The highest BCUT2D eigenvalue weighted by molar-refractivity contribution is 5.80. The van der Waals surface area contributed by atoms with Crippen molar-refractivity contribution >= 4 is 11.8 Å². The number of hydrogen-bond donors (Lipinski definition) is 1. The number of nitrogens with zero attached hydrogens (tertiary/aromatic N) is 3. The normalized spacial score (nSPS) is 31.9. The molecule has 6 nitrogen and oxygen atoms in total. The molecular formula is C20H36N4O2. The molecule has 0 aromatic carbocycles. The number of hydrogen-bond acceptors (Lipinski definition) is 4. The van der Waals surface area contributed by atoms with Crippen molar-refractivity contribution in [3.05, 3.63) is 0 Å². The quantitative estimate of drug-likeness (QED) is 0.819. The van der Waals surface area contributed by atoms with E-state index in [0.29, 0.717) is 18.2 Å². The van der Waals surface area contributed by atoms with E-state index in [9.17, 15) is 9.59 Å². The van der Waals surface area contributed by atoms with Gasteiger partial charge in [0.15, 0.2) is 0 Å². The number of likely N-dealkylation sites (N-methyl/N-ethyl adjacent to an activating group) is 1. The lowest BCUT2D eigenvalue weighted by Crippen LogP contribution is -2.55. The van der Waals surface area contributed by atoms with Crippen LogP contribution in [0.5, 0.6) is 0 Å². The highest BCUT2D eigenvalue weighted by Gasteiger charge is 2.40. The number of piperazine rings is 1. The summed E-state index contributed by atoms with van der Waals surface area (Å²) in [5.41, 5.74) is 6.06. The molecule has 0 radical (unpaired) electrons. The molecule has 2 aliphatic heterocycles. The second-order valence-electron chi connectivity index (χ2n) is 8.96. The van der Waals surface area contributed by atoms with Gasteiger partial charge in [0.05, 0.1) is 5.92 Å². The minimum atomic E-state index is -0.358. The molecule has 1 saturated carbocycles. The Hall–Kier alpha value is -1.14. The van der Waals surface area contributed by atoms with Crippen LogP contribution in [0.4, 0.5) is 0 Å². The first kappa shape index (κ1) is 19.6. The number of piperidine rings is 1. The lowest BCUT2D eigenvalue weighted by molar-refractivity contribution is -0.140. The number of carbonyl (C=O) groups is 2. The maximum absolute atomic E-state index is 12.9. The Kier molecular flexibility index (Phi) is 6.23. The Bertz CT molecular complexity index is 506. The smallest absolute Gasteiger partial charge is 0.227 e. The lowest BCUT2D eigenvalue weighted by Gasteiger charge is -2.42. The third kappa shape index (κ3) is 4.58. The summed E-state index contributed by atoms with van der Waals surface area (Å²) < 4.78 is 0. The Morgan fingerprint density at radius 1 is 0.962 bits per heavy atom. The van der Waals surface area contributed by atoms with Gasteiger partial charge in [0.25, 0.3) is 0 Å². The molecule has 2 saturated heterocycles. The monoisotopic (exact) mass is 364 g/mol. The summed E-state index contributed by atoms with van der Waals surface area (Å²) in [5, 5.41) is 0. The minimum Gasteiger partial charge on any atom is -0.342 e. The maximum Gasteiger partial charge on any atom is 0.227 e. The first-order chi connectivity index (χ1) is 12.4. The van der Waals surface area contributed by atoms with Gasteiger partial charge in [-0.05, 0) is 45.6 Å². The molecule has 1 aliphatic carbocycles. The van der Waals surface area contributed by atoms with E-state index in [1.165, 1.54) is 0 Å². The zero-order valence-electron chi connectivity index (χ0n) is 16.6. The van der Waals surface area contributed by atoms with Gasteiger partial charge in [-0.3, -0.25) is 9.59 Å². The predicted octanol–water partition coefficient (Wildman–Crippen LogP) is 1.30. The van der Waals surface area contributed by atoms with Crippen LogP contribution < -0.4 is 5.73 Å². The standard InChI is InChI=1S/C20H36N4O2/c1-20(21)8-4-3-5-17(20)19(26)24-9-6-16(7-10-24)15-18(25)23-13-11-22(2)12-14-23/h16-17H,3-15,21H2,1-2H3. The fourth-order valence-corrected chi connectivity index (χ4v) is 4.77. The van der Waals surface area contributed by atoms with E-state index >= 15 is 0 Å². The van der Waals surface area contributed by atoms with Gasteiger partial charge < -0.3 is 20.4 Å². The number of nitrogens with two attached hydrogens (primary N) is 1. The van der Waals surface area contributed by atoms with Crippen LogP contribution in [0.3, 0.4) is 0 Å². The van der Waals surface area contributed by atoms with Crippen LogP contribution >= 0.6 is 0 Å². The lowest BCUT2D eigenvalue weighted by atomic mass is 9.73. The number of likely N-dealkylation sites (tertiary alicyclic amines) is 1. The summed E-state index contributed by atoms with van der Waals surface area (Å²) in [6.45, 7) is 7.25. The van der Waals surface area contributed by atoms with Gasteiger partial charge >= 0.3 is 0 Å². The fourth-order valence-electron chi connectivity index (χ4n) is 4.77. The maximum atomic E-state index is 12.9. The molecule has 2 atom stereocenters. The van der Waals surface area contributed by atoms with E-state index in [2.05, 4.69) is 11.9 Å². The average molecular weight is 365 g/mol. The van der Waals surface area contributed by atoms with Crippen molar-refractivity contribution in [2.24, 2.45) is 17.6 Å². The second kappa shape index (κ2) is 8.26. The summed E-state index contributed by atoms with van der Waals surface area (Å²) >= 11 is 0. The largest absolute Gasteiger partial charge is 0.342 e. The Morgan fingerprint density at radius 3 is 2.23 bits per heavy atom. The minimum absolute atomic E-state index is 0.0280. The van der Waals surface area contributed by atoms with Gasteiger partial charge in [0, 0.05) is 51.2 Å². The highest BCUT2D eigenvalue weighted by atomic mass is 16.2. The Balaban J connectivity index is 1.45. The summed E-state index contributed by atoms with van der Waals surface area (Å²) in [5.74, 6) is 0.935. The SMILES string of the molecule is CN1CCN(C(=O)CC2CCN(C(=O)C3CCCCC3(C)N)CC2)CC1. The van der Waals surface area contributed by atoms with Gasteiger partial charge in [-0.15, -0.1) is 0 Å². The van der Waals surface area contributed by atoms with E-state index in [4.69, 9.17) is 5.73 Å². The van der Waals surface area contributed by atoms with Gasteiger partial charge in [0.1, 0.15) is 0 Å². The van der Waals surface area contributed by atoms with Crippen molar-refractivity contribution in [3.63, 3.8) is 0 Å². The third-order valence-corrected chi connectivity index (χ3v) is 6.80. The summed E-state index contributed by atoms with van der Waals surface area (Å²) in [7, 11) is 2.10. The summed E-state index contributed by atoms with van der Waals surface area (Å²) in [6.07, 6.45) is 6.64. The van der Waals surface area contributed by atoms with Crippen molar-refractivity contribution < 1.29 is 9.59 Å². The van der Waals surface area contributed by atoms with E-state index < -0.39 is 0 Å². The van der Waals surface area contributed by atoms with E-state index in [1.54, 1.807) is 0 Å². The molecule has 0 aromatic rings. The molecule has 0 aromatic heterocycles. The van der Waals surface area contributed by atoms with Gasteiger partial charge in [-0.1, -0.05) is 12.8 Å². The van der Waals surface area contributed by atoms with Crippen LogP contribution in [0.2, 0.25) is 0 Å². The first-order valence-corrected chi connectivity index (χ1v) is 10.4. The highest BCUT2D eigenvalue weighted by Crippen LogP contribution is 2.34. The van der Waals surface area contributed by atoms with Gasteiger partial charge in [0.2, 0.25) is 11.8 Å². The molecule has 0 spiro atoms. The van der Waals surface area contributed by atoms with Crippen molar-refractivity contribution in [1.29, 1.82) is 0 Å². The van der Waals surface area contributed by atoms with Crippen molar-refractivity contribution in [1.82, 2.24) is 14.7 Å². The van der Waals surface area contributed by atoms with Crippen LogP contribution in [0.1, 0.15) is 51.9 Å². The molecular weight excluding hydrogens is 328 g/mol. The second-order valence-corrected chi connectivity index (χ2v) is 8.96. The topological polar surface area (TPSA) is 69.9 Å². The zero-order chi connectivity index (χ0) is 18.7. The van der Waals surface area contributed by atoms with Gasteiger partial charge in [-0.2, -0.15) is 0 Å². The molecule has 6 heteroatoms. The average Bonchev–Trinajstić information content (AvgIpc) is 2.62. The molecule has 3 aliphatic rings. The van der Waals surface area contributed by atoms with E-state index in [-0.39, 0.29) is 17.4 Å². The predicted molar refractivity (Wildman–Crippen MR) is 103 cm³/mol. The molecule has 148 valence electrons. The molecule has 3 rings (SSSR count).